The number of phenols is 1. The van der Waals surface area contributed by atoms with Crippen molar-refractivity contribution in [1.82, 2.24) is 5.32 Å². The van der Waals surface area contributed by atoms with E-state index in [1.54, 1.807) is 42.5 Å². The summed E-state index contributed by atoms with van der Waals surface area (Å²) in [5, 5.41) is 12.9. The highest BCUT2D eigenvalue weighted by molar-refractivity contribution is 6.39. The average Bonchev–Trinajstić information content (AvgIpc) is 2.37. The molecule has 5 heteroatoms. The fraction of sp³-hybridized carbons (Fsp3) is 0.0714. The molecule has 1 amide bonds. The van der Waals surface area contributed by atoms with E-state index in [1.807, 2.05) is 0 Å². The third kappa shape index (κ3) is 3.19. The highest BCUT2D eigenvalue weighted by Crippen LogP contribution is 2.24. The lowest BCUT2D eigenvalue weighted by molar-refractivity contribution is 0.0951. The van der Waals surface area contributed by atoms with Crippen molar-refractivity contribution in [2.24, 2.45) is 0 Å². The van der Waals surface area contributed by atoms with Crippen LogP contribution in [-0.2, 0) is 6.54 Å². The molecule has 0 spiro atoms. The number of para-hydroxylation sites is 1. The number of hydrogen-bond donors (Lipinski definition) is 2. The summed E-state index contributed by atoms with van der Waals surface area (Å²) in [6, 6.07) is 11.7. The Morgan fingerprint density at radius 2 is 1.68 bits per heavy atom. The van der Waals surface area contributed by atoms with E-state index in [4.69, 9.17) is 23.2 Å². The van der Waals surface area contributed by atoms with Crippen LogP contribution in [0.25, 0.3) is 0 Å². The molecule has 0 aromatic heterocycles. The number of hydrogen-bond acceptors (Lipinski definition) is 2. The maximum Gasteiger partial charge on any atom is 0.254 e. The third-order valence-corrected chi connectivity index (χ3v) is 3.25. The fourth-order valence-corrected chi connectivity index (χ4v) is 2.21. The molecular weight excluding hydrogens is 285 g/mol. The quantitative estimate of drug-likeness (QED) is 0.908. The number of phenolic OH excluding ortho intramolecular Hbond substituents is 1. The molecule has 0 aliphatic rings. The van der Waals surface area contributed by atoms with Gasteiger partial charge in [-0.2, -0.15) is 0 Å². The highest BCUT2D eigenvalue weighted by atomic mass is 35.5. The standard InChI is InChI=1S/C14H11Cl2NO2/c15-10-5-3-6-11(16)13(10)14(19)17-8-9-4-1-2-7-12(9)18/h1-7,18H,8H2,(H,17,19). The first-order chi connectivity index (χ1) is 9.09. The molecule has 0 aliphatic heterocycles. The maximum absolute atomic E-state index is 12.0. The number of nitrogens with one attached hydrogen (secondary N) is 1. The van der Waals surface area contributed by atoms with Crippen molar-refractivity contribution in [3.63, 3.8) is 0 Å². The molecular formula is C14H11Cl2NO2. The molecule has 0 atom stereocenters. The minimum Gasteiger partial charge on any atom is -0.508 e. The summed E-state index contributed by atoms with van der Waals surface area (Å²) in [6.07, 6.45) is 0. The molecule has 0 saturated carbocycles. The minimum absolute atomic E-state index is 0.132. The van der Waals surface area contributed by atoms with Gasteiger partial charge in [-0.05, 0) is 18.2 Å². The predicted molar refractivity (Wildman–Crippen MR) is 75.7 cm³/mol. The van der Waals surface area contributed by atoms with Gasteiger partial charge in [-0.15, -0.1) is 0 Å². The van der Waals surface area contributed by atoms with Crippen molar-refractivity contribution in [3.8, 4) is 5.75 Å². The summed E-state index contributed by atoms with van der Waals surface area (Å²) in [5.74, 6) is -0.244. The van der Waals surface area contributed by atoms with E-state index in [2.05, 4.69) is 5.32 Å². The first kappa shape index (κ1) is 13.7. The number of halogens is 2. The Bertz CT molecular complexity index is 594. The molecule has 2 rings (SSSR count). The van der Waals surface area contributed by atoms with Crippen molar-refractivity contribution in [1.29, 1.82) is 0 Å². The van der Waals surface area contributed by atoms with Crippen LogP contribution in [0.1, 0.15) is 15.9 Å². The molecule has 0 fully saturated rings. The van der Waals surface area contributed by atoms with Crippen LogP contribution in [-0.4, -0.2) is 11.0 Å². The van der Waals surface area contributed by atoms with Crippen LogP contribution in [0.15, 0.2) is 42.5 Å². The van der Waals surface area contributed by atoms with E-state index in [0.717, 1.165) is 0 Å². The van der Waals surface area contributed by atoms with Gasteiger partial charge in [-0.3, -0.25) is 4.79 Å². The fourth-order valence-electron chi connectivity index (χ4n) is 1.64. The first-order valence-electron chi connectivity index (χ1n) is 5.58. The number of carbonyl (C=O) groups excluding carboxylic acids is 1. The topological polar surface area (TPSA) is 49.3 Å². The molecule has 0 unspecified atom stereocenters. The van der Waals surface area contributed by atoms with Crippen molar-refractivity contribution >= 4 is 29.1 Å². The summed E-state index contributed by atoms with van der Waals surface area (Å²) in [5.41, 5.74) is 0.861. The smallest absolute Gasteiger partial charge is 0.254 e. The predicted octanol–water partition coefficient (Wildman–Crippen LogP) is 3.63. The van der Waals surface area contributed by atoms with Crippen molar-refractivity contribution < 1.29 is 9.90 Å². The number of amides is 1. The molecule has 2 N–H and O–H groups in total. The van der Waals surface area contributed by atoms with Gasteiger partial charge >= 0.3 is 0 Å². The summed E-state index contributed by atoms with van der Waals surface area (Å²) >= 11 is 11.9. The van der Waals surface area contributed by atoms with E-state index >= 15 is 0 Å². The second-order valence-corrected chi connectivity index (χ2v) is 4.72. The zero-order chi connectivity index (χ0) is 13.8. The molecule has 0 heterocycles. The third-order valence-electron chi connectivity index (χ3n) is 2.62. The van der Waals surface area contributed by atoms with Gasteiger partial charge in [0.05, 0.1) is 15.6 Å². The van der Waals surface area contributed by atoms with E-state index in [1.165, 1.54) is 0 Å². The van der Waals surface area contributed by atoms with Gasteiger partial charge in [-0.1, -0.05) is 47.5 Å². The second kappa shape index (κ2) is 5.95. The van der Waals surface area contributed by atoms with E-state index < -0.39 is 0 Å². The van der Waals surface area contributed by atoms with Gasteiger partial charge in [0.15, 0.2) is 0 Å². The lowest BCUT2D eigenvalue weighted by Gasteiger charge is -2.09. The Labute approximate surface area is 120 Å². The van der Waals surface area contributed by atoms with Crippen molar-refractivity contribution in [2.75, 3.05) is 0 Å². The molecule has 19 heavy (non-hydrogen) atoms. The maximum atomic E-state index is 12.0. The van der Waals surface area contributed by atoms with Crippen LogP contribution >= 0.6 is 23.2 Å². The Kier molecular flexibility index (Phi) is 4.30. The van der Waals surface area contributed by atoms with Crippen molar-refractivity contribution in [3.05, 3.63) is 63.6 Å². The Hall–Kier alpha value is -1.71. The molecule has 98 valence electrons. The van der Waals surface area contributed by atoms with E-state index in [-0.39, 0.29) is 23.8 Å². The van der Waals surface area contributed by atoms with E-state index in [0.29, 0.717) is 15.6 Å². The highest BCUT2D eigenvalue weighted by Gasteiger charge is 2.14. The SMILES string of the molecule is O=C(NCc1ccccc1O)c1c(Cl)cccc1Cl. The van der Waals surface area contributed by atoms with Gasteiger partial charge in [0.1, 0.15) is 5.75 Å². The van der Waals surface area contributed by atoms with Crippen LogP contribution in [0.3, 0.4) is 0 Å². The van der Waals surface area contributed by atoms with Crippen LogP contribution in [0.4, 0.5) is 0 Å². The summed E-state index contributed by atoms with van der Waals surface area (Å²) in [7, 11) is 0. The lowest BCUT2D eigenvalue weighted by atomic mass is 10.1. The van der Waals surface area contributed by atoms with Crippen LogP contribution in [0.5, 0.6) is 5.75 Å². The summed E-state index contributed by atoms with van der Waals surface area (Å²) < 4.78 is 0. The monoisotopic (exact) mass is 295 g/mol. The Balaban J connectivity index is 2.13. The molecule has 0 aliphatic carbocycles. The minimum atomic E-state index is -0.376. The Morgan fingerprint density at radius 3 is 2.32 bits per heavy atom. The number of carbonyl (C=O) groups is 1. The lowest BCUT2D eigenvalue weighted by Crippen LogP contribution is -2.23. The van der Waals surface area contributed by atoms with Crippen LogP contribution in [0.2, 0.25) is 10.0 Å². The van der Waals surface area contributed by atoms with Gasteiger partial charge < -0.3 is 10.4 Å². The summed E-state index contributed by atoms with van der Waals surface area (Å²) in [4.78, 5) is 12.0. The zero-order valence-corrected chi connectivity index (χ0v) is 11.4. The molecule has 3 nitrogen and oxygen atoms in total. The van der Waals surface area contributed by atoms with Crippen molar-refractivity contribution in [2.45, 2.75) is 6.54 Å². The van der Waals surface area contributed by atoms with Crippen LogP contribution in [0, 0.1) is 0 Å². The first-order valence-corrected chi connectivity index (χ1v) is 6.34. The molecule has 0 radical (unpaired) electrons. The summed E-state index contributed by atoms with van der Waals surface area (Å²) in [6.45, 7) is 0.201. The van der Waals surface area contributed by atoms with E-state index in [9.17, 15) is 9.90 Å². The van der Waals surface area contributed by atoms with Gasteiger partial charge in [0, 0.05) is 12.1 Å². The normalized spacial score (nSPS) is 10.2. The zero-order valence-electron chi connectivity index (χ0n) is 9.86. The van der Waals surface area contributed by atoms with Gasteiger partial charge in [-0.25, -0.2) is 0 Å². The largest absolute Gasteiger partial charge is 0.508 e. The van der Waals surface area contributed by atoms with Crippen LogP contribution < -0.4 is 5.32 Å². The molecule has 2 aromatic rings. The molecule has 0 bridgehead atoms. The van der Waals surface area contributed by atoms with Gasteiger partial charge in [0.25, 0.3) is 5.91 Å². The number of benzene rings is 2. The number of rotatable bonds is 3. The molecule has 0 saturated heterocycles. The second-order valence-electron chi connectivity index (χ2n) is 3.91. The average molecular weight is 296 g/mol. The molecule has 2 aromatic carbocycles. The Morgan fingerprint density at radius 1 is 1.05 bits per heavy atom. The number of aromatic hydroxyl groups is 1. The van der Waals surface area contributed by atoms with Gasteiger partial charge in [0.2, 0.25) is 0 Å².